The quantitative estimate of drug-likeness (QED) is 0.494. The van der Waals surface area contributed by atoms with Crippen molar-refractivity contribution in [2.75, 3.05) is 51.1 Å². The van der Waals surface area contributed by atoms with E-state index >= 15 is 0 Å². The first-order valence-corrected chi connectivity index (χ1v) is 11.5. The maximum atomic E-state index is 12.8. The average Bonchev–Trinajstić information content (AvgIpc) is 2.82. The highest BCUT2D eigenvalue weighted by Crippen LogP contribution is 2.21. The molecule has 0 amide bonds. The molecule has 1 heterocycles. The molecule has 2 aromatic rings. The van der Waals surface area contributed by atoms with Gasteiger partial charge in [0, 0.05) is 37.4 Å². The molecule has 1 aliphatic rings. The molecule has 2 N–H and O–H groups in total. The molecule has 166 valence electrons. The lowest BCUT2D eigenvalue weighted by Gasteiger charge is -2.35. The van der Waals surface area contributed by atoms with E-state index in [1.54, 1.807) is 38.5 Å². The van der Waals surface area contributed by atoms with Crippen molar-refractivity contribution in [1.82, 2.24) is 9.79 Å². The van der Waals surface area contributed by atoms with E-state index in [0.29, 0.717) is 37.5 Å². The van der Waals surface area contributed by atoms with E-state index in [4.69, 9.17) is 9.47 Å². The molecule has 1 fully saturated rings. The van der Waals surface area contributed by atoms with Crippen molar-refractivity contribution in [3.8, 4) is 23.3 Å². The molecule has 1 saturated heterocycles. The molecular formula is C22H27N3O5S. The monoisotopic (exact) mass is 445 g/mol. The Labute approximate surface area is 183 Å². The van der Waals surface area contributed by atoms with Gasteiger partial charge >= 0.3 is 0 Å². The summed E-state index contributed by atoms with van der Waals surface area (Å²) in [4.78, 5) is 2.13. The maximum Gasteiger partial charge on any atom is 0.216 e. The predicted molar refractivity (Wildman–Crippen MR) is 119 cm³/mol. The minimum atomic E-state index is -3.59. The predicted octanol–water partition coefficient (Wildman–Crippen LogP) is 1.55. The zero-order valence-electron chi connectivity index (χ0n) is 17.6. The molecule has 0 aliphatic carbocycles. The molecule has 0 radical (unpaired) electrons. The summed E-state index contributed by atoms with van der Waals surface area (Å²) in [5, 5.41) is 9.42. The molecule has 31 heavy (non-hydrogen) atoms. The van der Waals surface area contributed by atoms with Gasteiger partial charge in [-0.1, -0.05) is 17.9 Å². The first-order chi connectivity index (χ1) is 14.9. The summed E-state index contributed by atoms with van der Waals surface area (Å²) >= 11 is 0. The fourth-order valence-electron chi connectivity index (χ4n) is 3.32. The first kappa shape index (κ1) is 22.9. The number of benzene rings is 2. The van der Waals surface area contributed by atoms with Gasteiger partial charge in [-0.2, -0.15) is 9.79 Å². The third-order valence-electron chi connectivity index (χ3n) is 5.06. The SMILES string of the molecule is COc1ccc(N2CCN(S(=O)(=O)CC(C#Cc3cccc(OC)c3)NO)CC2)cc1. The summed E-state index contributed by atoms with van der Waals surface area (Å²) in [5.41, 5.74) is 3.70. The van der Waals surface area contributed by atoms with E-state index in [0.717, 1.165) is 11.4 Å². The number of hydroxylamine groups is 1. The van der Waals surface area contributed by atoms with Crippen LogP contribution in [0.2, 0.25) is 0 Å². The van der Waals surface area contributed by atoms with Gasteiger partial charge in [-0.25, -0.2) is 8.42 Å². The van der Waals surface area contributed by atoms with E-state index in [9.17, 15) is 13.6 Å². The zero-order valence-corrected chi connectivity index (χ0v) is 18.4. The number of nitrogens with one attached hydrogen (secondary N) is 1. The summed E-state index contributed by atoms with van der Waals surface area (Å²) in [6.45, 7) is 1.90. The third kappa shape index (κ3) is 6.12. The number of methoxy groups -OCH3 is 2. The molecule has 8 nitrogen and oxygen atoms in total. The number of ether oxygens (including phenoxy) is 2. The summed E-state index contributed by atoms with van der Waals surface area (Å²) in [6.07, 6.45) is 0. The smallest absolute Gasteiger partial charge is 0.216 e. The second-order valence-electron chi connectivity index (χ2n) is 7.05. The van der Waals surface area contributed by atoms with Crippen LogP contribution in [0.15, 0.2) is 48.5 Å². The van der Waals surface area contributed by atoms with Crippen LogP contribution in [-0.2, 0) is 10.0 Å². The fourth-order valence-corrected chi connectivity index (χ4v) is 4.83. The van der Waals surface area contributed by atoms with Crippen molar-refractivity contribution in [3.05, 3.63) is 54.1 Å². The Bertz CT molecular complexity index is 1020. The van der Waals surface area contributed by atoms with Crippen LogP contribution >= 0.6 is 0 Å². The second-order valence-corrected chi connectivity index (χ2v) is 9.06. The lowest BCUT2D eigenvalue weighted by atomic mass is 10.2. The van der Waals surface area contributed by atoms with Crippen molar-refractivity contribution in [2.45, 2.75) is 6.04 Å². The Morgan fingerprint density at radius 3 is 2.32 bits per heavy atom. The zero-order chi connectivity index (χ0) is 22.3. The molecule has 2 aromatic carbocycles. The molecule has 0 spiro atoms. The van der Waals surface area contributed by atoms with Crippen molar-refractivity contribution in [1.29, 1.82) is 0 Å². The van der Waals surface area contributed by atoms with Gasteiger partial charge in [0.05, 0.1) is 20.0 Å². The Balaban J connectivity index is 1.60. The van der Waals surface area contributed by atoms with Gasteiger partial charge in [0.25, 0.3) is 0 Å². The van der Waals surface area contributed by atoms with E-state index in [2.05, 4.69) is 16.7 Å². The summed E-state index contributed by atoms with van der Waals surface area (Å²) < 4.78 is 37.5. The van der Waals surface area contributed by atoms with Crippen LogP contribution < -0.4 is 19.9 Å². The maximum absolute atomic E-state index is 12.8. The minimum Gasteiger partial charge on any atom is -0.497 e. The number of anilines is 1. The summed E-state index contributed by atoms with van der Waals surface area (Å²) in [6, 6.07) is 13.9. The topological polar surface area (TPSA) is 91.3 Å². The number of sulfonamides is 1. The average molecular weight is 446 g/mol. The third-order valence-corrected chi connectivity index (χ3v) is 6.97. The minimum absolute atomic E-state index is 0.316. The van der Waals surface area contributed by atoms with Gasteiger partial charge in [0.1, 0.15) is 17.5 Å². The Kier molecular flexibility index (Phi) is 7.76. The fraction of sp³-hybridized carbons (Fsp3) is 0.364. The van der Waals surface area contributed by atoms with Gasteiger partial charge in [0.15, 0.2) is 0 Å². The molecule has 0 saturated carbocycles. The molecule has 1 aliphatic heterocycles. The second kappa shape index (κ2) is 10.5. The van der Waals surface area contributed by atoms with Crippen LogP contribution in [0.1, 0.15) is 5.56 Å². The molecule has 9 heteroatoms. The van der Waals surface area contributed by atoms with Gasteiger partial charge < -0.3 is 19.6 Å². The number of hydrogen-bond donors (Lipinski definition) is 2. The first-order valence-electron chi connectivity index (χ1n) is 9.87. The number of piperazine rings is 1. The largest absolute Gasteiger partial charge is 0.497 e. The van der Waals surface area contributed by atoms with Gasteiger partial charge in [-0.15, -0.1) is 0 Å². The number of rotatable bonds is 7. The van der Waals surface area contributed by atoms with E-state index in [1.165, 1.54) is 4.31 Å². The van der Waals surface area contributed by atoms with E-state index in [1.807, 2.05) is 29.7 Å². The lowest BCUT2D eigenvalue weighted by molar-refractivity contribution is 0.153. The van der Waals surface area contributed by atoms with Crippen LogP contribution in [0.4, 0.5) is 5.69 Å². The van der Waals surface area contributed by atoms with Crippen molar-refractivity contribution in [2.24, 2.45) is 0 Å². The summed E-state index contributed by atoms with van der Waals surface area (Å²) in [7, 11) is -0.411. The van der Waals surface area contributed by atoms with Crippen LogP contribution in [0.25, 0.3) is 0 Å². The highest BCUT2D eigenvalue weighted by atomic mass is 32.2. The molecule has 0 bridgehead atoms. The molecule has 0 aromatic heterocycles. The van der Waals surface area contributed by atoms with Gasteiger partial charge in [-0.3, -0.25) is 0 Å². The van der Waals surface area contributed by atoms with E-state index in [-0.39, 0.29) is 5.75 Å². The van der Waals surface area contributed by atoms with Crippen LogP contribution in [0.3, 0.4) is 0 Å². The van der Waals surface area contributed by atoms with Crippen LogP contribution in [0, 0.1) is 11.8 Å². The number of nitrogens with zero attached hydrogens (tertiary/aromatic N) is 2. The summed E-state index contributed by atoms with van der Waals surface area (Å²) in [5.74, 6) is 6.78. The Hall–Kier alpha value is -2.77. The highest BCUT2D eigenvalue weighted by molar-refractivity contribution is 7.89. The molecule has 3 rings (SSSR count). The standard InChI is InChI=1S/C22H27N3O5S/c1-29-21-10-8-20(9-11-21)24-12-14-25(15-13-24)31(27,28)17-19(23-26)7-6-18-4-3-5-22(16-18)30-2/h3-5,8-11,16,19,23,26H,12-15,17H2,1-2H3. The Morgan fingerprint density at radius 1 is 1.03 bits per heavy atom. The van der Waals surface area contributed by atoms with Crippen LogP contribution in [0.5, 0.6) is 11.5 Å². The molecular weight excluding hydrogens is 418 g/mol. The van der Waals surface area contributed by atoms with E-state index < -0.39 is 16.1 Å². The van der Waals surface area contributed by atoms with Gasteiger partial charge in [0.2, 0.25) is 10.0 Å². The molecule has 1 atom stereocenters. The normalized spacial score (nSPS) is 15.6. The van der Waals surface area contributed by atoms with Crippen molar-refractivity contribution in [3.63, 3.8) is 0 Å². The highest BCUT2D eigenvalue weighted by Gasteiger charge is 2.29. The molecule has 1 unspecified atom stereocenters. The van der Waals surface area contributed by atoms with Crippen molar-refractivity contribution < 1.29 is 23.1 Å². The number of hydrogen-bond acceptors (Lipinski definition) is 7. The van der Waals surface area contributed by atoms with Crippen LogP contribution in [-0.4, -0.2) is 70.1 Å². The lowest BCUT2D eigenvalue weighted by Crippen LogP contribution is -2.51. The van der Waals surface area contributed by atoms with Gasteiger partial charge in [-0.05, 0) is 42.5 Å². The Morgan fingerprint density at radius 2 is 1.71 bits per heavy atom. The van der Waals surface area contributed by atoms with Crippen molar-refractivity contribution >= 4 is 15.7 Å².